The molecule has 0 saturated heterocycles. The first kappa shape index (κ1) is 21.5. The van der Waals surface area contributed by atoms with Gasteiger partial charge < -0.3 is 15.1 Å². The summed E-state index contributed by atoms with van der Waals surface area (Å²) in [5, 5.41) is 4.13. The molecule has 0 aliphatic heterocycles. The molecule has 6 heteroatoms. The van der Waals surface area contributed by atoms with E-state index in [0.717, 1.165) is 49.3 Å². The van der Waals surface area contributed by atoms with Crippen LogP contribution in [0.2, 0.25) is 5.02 Å². The van der Waals surface area contributed by atoms with Crippen LogP contribution in [0.1, 0.15) is 19.4 Å². The number of hydrogen-bond acceptors (Lipinski definition) is 2. The SMILES string of the molecule is CCNC(=NCCN(C)CC)N(C)Cc1ccccc1Cl.I. The molecule has 0 saturated carbocycles. The molecule has 0 atom stereocenters. The van der Waals surface area contributed by atoms with Gasteiger partial charge in [-0.25, -0.2) is 0 Å². The highest BCUT2D eigenvalue weighted by Crippen LogP contribution is 2.16. The summed E-state index contributed by atoms with van der Waals surface area (Å²) in [5.74, 6) is 0.918. The quantitative estimate of drug-likeness (QED) is 0.402. The Labute approximate surface area is 156 Å². The van der Waals surface area contributed by atoms with Crippen molar-refractivity contribution in [1.82, 2.24) is 15.1 Å². The summed E-state index contributed by atoms with van der Waals surface area (Å²) in [6.07, 6.45) is 0. The number of aliphatic imine (C=N–C) groups is 1. The van der Waals surface area contributed by atoms with Crippen molar-refractivity contribution in [3.63, 3.8) is 0 Å². The van der Waals surface area contributed by atoms with Crippen LogP contribution in [0.15, 0.2) is 29.3 Å². The van der Waals surface area contributed by atoms with Crippen LogP contribution in [-0.2, 0) is 6.54 Å². The molecule has 1 N–H and O–H groups in total. The third-order valence-corrected chi connectivity index (χ3v) is 3.71. The summed E-state index contributed by atoms with van der Waals surface area (Å²) in [6.45, 7) is 8.63. The van der Waals surface area contributed by atoms with Gasteiger partial charge in [0.1, 0.15) is 0 Å². The molecule has 1 aromatic carbocycles. The van der Waals surface area contributed by atoms with Gasteiger partial charge in [0.15, 0.2) is 5.96 Å². The van der Waals surface area contributed by atoms with E-state index < -0.39 is 0 Å². The second-order valence-electron chi connectivity index (χ2n) is 5.08. The average Bonchev–Trinajstić information content (AvgIpc) is 2.48. The Bertz CT molecular complexity index is 454. The number of nitrogens with one attached hydrogen (secondary N) is 1. The summed E-state index contributed by atoms with van der Waals surface area (Å²) in [7, 11) is 4.14. The molecule has 0 heterocycles. The third-order valence-electron chi connectivity index (χ3n) is 3.34. The molecule has 1 rings (SSSR count). The summed E-state index contributed by atoms with van der Waals surface area (Å²) in [4.78, 5) is 9.03. The summed E-state index contributed by atoms with van der Waals surface area (Å²) in [5.41, 5.74) is 1.11. The summed E-state index contributed by atoms with van der Waals surface area (Å²) < 4.78 is 0. The van der Waals surface area contributed by atoms with Crippen molar-refractivity contribution in [2.75, 3.05) is 40.3 Å². The van der Waals surface area contributed by atoms with Gasteiger partial charge in [0.25, 0.3) is 0 Å². The first-order chi connectivity index (χ1) is 10.1. The molecule has 0 amide bonds. The van der Waals surface area contributed by atoms with Gasteiger partial charge in [0, 0.05) is 31.7 Å². The fraction of sp³-hybridized carbons (Fsp3) is 0.562. The molecule has 0 unspecified atom stereocenters. The highest BCUT2D eigenvalue weighted by atomic mass is 127. The molecular weight excluding hydrogens is 411 g/mol. The fourth-order valence-electron chi connectivity index (χ4n) is 1.91. The Hall–Kier alpha value is -0.530. The first-order valence-electron chi connectivity index (χ1n) is 7.49. The van der Waals surface area contributed by atoms with Crippen LogP contribution in [0.25, 0.3) is 0 Å². The highest BCUT2D eigenvalue weighted by molar-refractivity contribution is 14.0. The van der Waals surface area contributed by atoms with Crippen molar-refractivity contribution in [3.8, 4) is 0 Å². The van der Waals surface area contributed by atoms with E-state index in [1.807, 2.05) is 31.3 Å². The third kappa shape index (κ3) is 7.65. The predicted octanol–water partition coefficient (Wildman–Crippen LogP) is 3.31. The Kier molecular flexibility index (Phi) is 11.7. The van der Waals surface area contributed by atoms with E-state index >= 15 is 0 Å². The maximum atomic E-state index is 6.22. The largest absolute Gasteiger partial charge is 0.357 e. The molecule has 0 fully saturated rings. The van der Waals surface area contributed by atoms with Gasteiger partial charge >= 0.3 is 0 Å². The van der Waals surface area contributed by atoms with Gasteiger partial charge in [-0.15, -0.1) is 24.0 Å². The second-order valence-corrected chi connectivity index (χ2v) is 5.49. The maximum Gasteiger partial charge on any atom is 0.194 e. The van der Waals surface area contributed by atoms with Crippen LogP contribution >= 0.6 is 35.6 Å². The molecule has 0 aliphatic carbocycles. The molecule has 0 radical (unpaired) electrons. The Balaban J connectivity index is 0.00000441. The number of likely N-dealkylation sites (N-methyl/N-ethyl adjacent to an activating group) is 1. The van der Waals surface area contributed by atoms with E-state index in [-0.39, 0.29) is 24.0 Å². The predicted molar refractivity (Wildman–Crippen MR) is 107 cm³/mol. The highest BCUT2D eigenvalue weighted by Gasteiger charge is 2.08. The second kappa shape index (κ2) is 12.0. The van der Waals surface area contributed by atoms with Crippen LogP contribution in [0.5, 0.6) is 0 Å². The van der Waals surface area contributed by atoms with Gasteiger partial charge in [-0.3, -0.25) is 4.99 Å². The molecule has 4 nitrogen and oxygen atoms in total. The van der Waals surface area contributed by atoms with Crippen LogP contribution in [0.4, 0.5) is 0 Å². The number of hydrogen-bond donors (Lipinski definition) is 1. The van der Waals surface area contributed by atoms with Crippen LogP contribution in [-0.4, -0.2) is 56.0 Å². The minimum atomic E-state index is 0. The van der Waals surface area contributed by atoms with Gasteiger partial charge in [-0.05, 0) is 32.1 Å². The topological polar surface area (TPSA) is 30.9 Å². The Morgan fingerprint density at radius 1 is 1.23 bits per heavy atom. The average molecular weight is 439 g/mol. The minimum absolute atomic E-state index is 0. The van der Waals surface area contributed by atoms with E-state index in [4.69, 9.17) is 11.6 Å². The van der Waals surface area contributed by atoms with Crippen molar-refractivity contribution in [2.45, 2.75) is 20.4 Å². The van der Waals surface area contributed by atoms with E-state index in [0.29, 0.717) is 0 Å². The van der Waals surface area contributed by atoms with E-state index in [2.05, 4.69) is 41.0 Å². The lowest BCUT2D eigenvalue weighted by Gasteiger charge is -2.23. The van der Waals surface area contributed by atoms with Gasteiger partial charge in [0.2, 0.25) is 0 Å². The van der Waals surface area contributed by atoms with E-state index in [1.54, 1.807) is 0 Å². The van der Waals surface area contributed by atoms with E-state index in [9.17, 15) is 0 Å². The molecular formula is C16H28ClIN4. The zero-order chi connectivity index (χ0) is 15.7. The monoisotopic (exact) mass is 438 g/mol. The zero-order valence-electron chi connectivity index (χ0n) is 14.0. The molecule has 0 aromatic heterocycles. The van der Waals surface area contributed by atoms with Crippen molar-refractivity contribution in [3.05, 3.63) is 34.9 Å². The Morgan fingerprint density at radius 2 is 1.91 bits per heavy atom. The molecule has 0 bridgehead atoms. The number of nitrogens with zero attached hydrogens (tertiary/aromatic N) is 3. The number of rotatable bonds is 7. The minimum Gasteiger partial charge on any atom is -0.357 e. The number of guanidine groups is 1. The zero-order valence-corrected chi connectivity index (χ0v) is 17.1. The van der Waals surface area contributed by atoms with Gasteiger partial charge in [-0.2, -0.15) is 0 Å². The van der Waals surface area contributed by atoms with Crippen molar-refractivity contribution in [2.24, 2.45) is 4.99 Å². The van der Waals surface area contributed by atoms with Crippen LogP contribution in [0.3, 0.4) is 0 Å². The molecule has 0 aliphatic rings. The fourth-order valence-corrected chi connectivity index (χ4v) is 2.11. The maximum absolute atomic E-state index is 6.22. The molecule has 0 spiro atoms. The van der Waals surface area contributed by atoms with Gasteiger partial charge in [-0.1, -0.05) is 36.7 Å². The number of benzene rings is 1. The standard InChI is InChI=1S/C16H27ClN4.HI/c1-5-18-16(19-11-12-20(3)6-2)21(4)13-14-9-7-8-10-15(14)17;/h7-10H,5-6,11-13H2,1-4H3,(H,18,19);1H. The lowest BCUT2D eigenvalue weighted by Crippen LogP contribution is -2.39. The van der Waals surface area contributed by atoms with Crippen molar-refractivity contribution < 1.29 is 0 Å². The Morgan fingerprint density at radius 3 is 2.50 bits per heavy atom. The molecule has 22 heavy (non-hydrogen) atoms. The number of halogens is 2. The molecule has 1 aromatic rings. The lowest BCUT2D eigenvalue weighted by molar-refractivity contribution is 0.361. The normalized spacial score (nSPS) is 11.3. The van der Waals surface area contributed by atoms with Crippen LogP contribution < -0.4 is 5.32 Å². The van der Waals surface area contributed by atoms with Crippen LogP contribution in [0, 0.1) is 0 Å². The first-order valence-corrected chi connectivity index (χ1v) is 7.87. The van der Waals surface area contributed by atoms with Crippen molar-refractivity contribution in [1.29, 1.82) is 0 Å². The van der Waals surface area contributed by atoms with E-state index in [1.165, 1.54) is 0 Å². The molecule has 126 valence electrons. The summed E-state index contributed by atoms with van der Waals surface area (Å²) >= 11 is 6.22. The summed E-state index contributed by atoms with van der Waals surface area (Å²) in [6, 6.07) is 7.93. The smallest absolute Gasteiger partial charge is 0.194 e. The van der Waals surface area contributed by atoms with Crippen molar-refractivity contribution >= 4 is 41.5 Å². The lowest BCUT2D eigenvalue weighted by atomic mass is 10.2. The van der Waals surface area contributed by atoms with Gasteiger partial charge in [0.05, 0.1) is 6.54 Å².